The number of fused-ring (bicyclic) bond motifs is 2. The molecule has 1 atom stereocenters. The van der Waals surface area contributed by atoms with Gasteiger partial charge < -0.3 is 14.8 Å². The van der Waals surface area contributed by atoms with Crippen molar-refractivity contribution >= 4 is 23.4 Å². The maximum Gasteiger partial charge on any atom is 0.343 e. The van der Waals surface area contributed by atoms with Crippen LogP contribution >= 0.6 is 0 Å². The SMILES string of the molecule is CCOC(=O)C1=C(C)NC2=C(C(=O)c3ccccc32)[C@H]1c1ccc(OC(=O)c2ccc(C)cc2)cc1. The summed E-state index contributed by atoms with van der Waals surface area (Å²) in [5, 5.41) is 3.28. The second-order valence-corrected chi connectivity index (χ2v) is 8.81. The summed E-state index contributed by atoms with van der Waals surface area (Å²) in [6.07, 6.45) is 0. The Bertz CT molecular complexity index is 1450. The van der Waals surface area contributed by atoms with Gasteiger partial charge in [0.05, 0.1) is 23.4 Å². The Morgan fingerprint density at radius 3 is 2.19 bits per heavy atom. The van der Waals surface area contributed by atoms with E-state index in [1.54, 1.807) is 49.4 Å². The zero-order valence-electron chi connectivity index (χ0n) is 20.3. The first-order valence-electron chi connectivity index (χ1n) is 11.8. The van der Waals surface area contributed by atoms with Gasteiger partial charge in [-0.2, -0.15) is 0 Å². The summed E-state index contributed by atoms with van der Waals surface area (Å²) in [4.78, 5) is 39.1. The molecule has 1 heterocycles. The highest BCUT2D eigenvalue weighted by atomic mass is 16.5. The molecule has 5 rings (SSSR count). The zero-order valence-corrected chi connectivity index (χ0v) is 20.3. The molecule has 1 aliphatic carbocycles. The number of ketones is 1. The van der Waals surface area contributed by atoms with Gasteiger partial charge >= 0.3 is 11.9 Å². The number of hydrogen-bond donors (Lipinski definition) is 1. The van der Waals surface area contributed by atoms with Gasteiger partial charge in [0.1, 0.15) is 5.75 Å². The molecule has 1 aliphatic heterocycles. The molecule has 3 aromatic carbocycles. The molecule has 2 aliphatic rings. The van der Waals surface area contributed by atoms with Crippen molar-refractivity contribution in [2.24, 2.45) is 0 Å². The second kappa shape index (κ2) is 9.30. The smallest absolute Gasteiger partial charge is 0.343 e. The lowest BCUT2D eigenvalue weighted by Crippen LogP contribution is -2.29. The van der Waals surface area contributed by atoms with Gasteiger partial charge in [-0.05, 0) is 50.6 Å². The molecule has 0 bridgehead atoms. The first kappa shape index (κ1) is 23.3. The molecule has 0 amide bonds. The van der Waals surface area contributed by atoms with Crippen LogP contribution in [0.1, 0.15) is 57.2 Å². The molecule has 0 fully saturated rings. The Morgan fingerprint density at radius 1 is 0.861 bits per heavy atom. The van der Waals surface area contributed by atoms with Gasteiger partial charge in [0.25, 0.3) is 0 Å². The van der Waals surface area contributed by atoms with Crippen LogP contribution in [0.25, 0.3) is 5.70 Å². The summed E-state index contributed by atoms with van der Waals surface area (Å²) >= 11 is 0. The minimum atomic E-state index is -0.623. The first-order chi connectivity index (χ1) is 17.4. The molecular formula is C30H25NO5. The Hall–Kier alpha value is -4.45. The standard InChI is InChI=1S/C30H25NO5/c1-4-35-30(34)24-18(3)31-27-22-7-5-6-8-23(22)28(32)26(27)25(24)19-13-15-21(16-14-19)36-29(33)20-11-9-17(2)10-12-20/h5-16,25,31H,4H2,1-3H3/t25-/m0/s1. The van der Waals surface area contributed by atoms with Crippen LogP contribution in [-0.4, -0.2) is 24.3 Å². The van der Waals surface area contributed by atoms with Crippen molar-refractivity contribution in [3.63, 3.8) is 0 Å². The monoisotopic (exact) mass is 479 g/mol. The van der Waals surface area contributed by atoms with Gasteiger partial charge in [0.2, 0.25) is 0 Å². The van der Waals surface area contributed by atoms with Crippen molar-refractivity contribution < 1.29 is 23.9 Å². The van der Waals surface area contributed by atoms with E-state index >= 15 is 0 Å². The van der Waals surface area contributed by atoms with Crippen molar-refractivity contribution in [1.29, 1.82) is 0 Å². The van der Waals surface area contributed by atoms with Gasteiger partial charge in [0.15, 0.2) is 5.78 Å². The Balaban J connectivity index is 1.51. The average Bonchev–Trinajstić information content (AvgIpc) is 3.16. The number of carbonyl (C=O) groups is 3. The third-order valence-electron chi connectivity index (χ3n) is 6.46. The fourth-order valence-corrected chi connectivity index (χ4v) is 4.73. The predicted octanol–water partition coefficient (Wildman–Crippen LogP) is 5.35. The number of Topliss-reactive ketones (excluding diaryl/α,β-unsaturated/α-hetero) is 1. The molecule has 6 heteroatoms. The van der Waals surface area contributed by atoms with E-state index in [2.05, 4.69) is 5.32 Å². The molecule has 0 radical (unpaired) electrons. The molecule has 0 aromatic heterocycles. The van der Waals surface area contributed by atoms with E-state index in [4.69, 9.17) is 9.47 Å². The van der Waals surface area contributed by atoms with Crippen LogP contribution in [0, 0.1) is 6.92 Å². The van der Waals surface area contributed by atoms with E-state index in [0.29, 0.717) is 39.4 Å². The quantitative estimate of drug-likeness (QED) is 0.393. The van der Waals surface area contributed by atoms with Crippen LogP contribution in [0.15, 0.2) is 89.6 Å². The highest BCUT2D eigenvalue weighted by Crippen LogP contribution is 2.46. The molecular weight excluding hydrogens is 454 g/mol. The molecule has 0 spiro atoms. The van der Waals surface area contributed by atoms with Crippen molar-refractivity contribution in [2.45, 2.75) is 26.7 Å². The number of benzene rings is 3. The molecule has 0 saturated heterocycles. The lowest BCUT2D eigenvalue weighted by Gasteiger charge is -2.29. The average molecular weight is 480 g/mol. The first-order valence-corrected chi connectivity index (χ1v) is 11.8. The van der Waals surface area contributed by atoms with Gasteiger partial charge in [-0.25, -0.2) is 9.59 Å². The maximum atomic E-state index is 13.5. The van der Waals surface area contributed by atoms with Crippen LogP contribution < -0.4 is 10.1 Å². The summed E-state index contributed by atoms with van der Waals surface area (Å²) in [5.74, 6) is -1.31. The number of hydrogen-bond acceptors (Lipinski definition) is 6. The Kier molecular flexibility index (Phi) is 6.02. The molecule has 3 aromatic rings. The van der Waals surface area contributed by atoms with Gasteiger partial charge in [-0.15, -0.1) is 0 Å². The number of ether oxygens (including phenoxy) is 2. The largest absolute Gasteiger partial charge is 0.463 e. The van der Waals surface area contributed by atoms with Crippen LogP contribution in [0.5, 0.6) is 5.75 Å². The molecule has 180 valence electrons. The summed E-state index contributed by atoms with van der Waals surface area (Å²) in [5.41, 5.74) is 5.89. The minimum absolute atomic E-state index is 0.123. The Morgan fingerprint density at radius 2 is 1.53 bits per heavy atom. The third-order valence-corrected chi connectivity index (χ3v) is 6.46. The lowest BCUT2D eigenvalue weighted by molar-refractivity contribution is -0.138. The molecule has 6 nitrogen and oxygen atoms in total. The summed E-state index contributed by atoms with van der Waals surface area (Å²) in [7, 11) is 0. The van der Waals surface area contributed by atoms with Crippen molar-refractivity contribution in [2.75, 3.05) is 6.61 Å². The van der Waals surface area contributed by atoms with Crippen LogP contribution in [-0.2, 0) is 9.53 Å². The number of dihydropyridines is 1. The fraction of sp³-hybridized carbons (Fsp3) is 0.167. The summed E-state index contributed by atoms with van der Waals surface area (Å²) < 4.78 is 10.9. The van der Waals surface area contributed by atoms with Crippen molar-refractivity contribution in [3.8, 4) is 5.75 Å². The zero-order chi connectivity index (χ0) is 25.4. The number of nitrogens with one attached hydrogen (secondary N) is 1. The number of aryl methyl sites for hydroxylation is 1. The molecule has 0 unspecified atom stereocenters. The van der Waals surface area contributed by atoms with Crippen LogP contribution in [0.4, 0.5) is 0 Å². The predicted molar refractivity (Wildman–Crippen MR) is 135 cm³/mol. The van der Waals surface area contributed by atoms with E-state index < -0.39 is 17.9 Å². The summed E-state index contributed by atoms with van der Waals surface area (Å²) in [6, 6.07) is 21.5. The number of esters is 2. The van der Waals surface area contributed by atoms with Crippen LogP contribution in [0.3, 0.4) is 0 Å². The second-order valence-electron chi connectivity index (χ2n) is 8.81. The number of rotatable bonds is 5. The van der Waals surface area contributed by atoms with Crippen LogP contribution in [0.2, 0.25) is 0 Å². The molecule has 0 saturated carbocycles. The highest BCUT2D eigenvalue weighted by molar-refractivity contribution is 6.23. The Labute approximate surface area is 209 Å². The van der Waals surface area contributed by atoms with E-state index in [1.165, 1.54) is 0 Å². The normalized spacial score (nSPS) is 16.3. The molecule has 1 N–H and O–H groups in total. The summed E-state index contributed by atoms with van der Waals surface area (Å²) in [6.45, 7) is 5.73. The van der Waals surface area contributed by atoms with Gasteiger partial charge in [0, 0.05) is 28.3 Å². The van der Waals surface area contributed by atoms with E-state index in [9.17, 15) is 14.4 Å². The minimum Gasteiger partial charge on any atom is -0.463 e. The van der Waals surface area contributed by atoms with E-state index in [0.717, 1.165) is 16.7 Å². The number of allylic oxidation sites excluding steroid dienone is 2. The number of carbonyl (C=O) groups excluding carboxylic acids is 3. The lowest BCUT2D eigenvalue weighted by atomic mass is 9.80. The van der Waals surface area contributed by atoms with E-state index in [1.807, 2.05) is 44.2 Å². The maximum absolute atomic E-state index is 13.5. The van der Waals surface area contributed by atoms with Gasteiger partial charge in [-0.3, -0.25) is 4.79 Å². The molecule has 36 heavy (non-hydrogen) atoms. The van der Waals surface area contributed by atoms with Crippen molar-refractivity contribution in [1.82, 2.24) is 5.32 Å². The highest BCUT2D eigenvalue weighted by Gasteiger charge is 2.42. The third kappa shape index (κ3) is 4.01. The fourth-order valence-electron chi connectivity index (χ4n) is 4.73. The van der Waals surface area contributed by atoms with Gasteiger partial charge in [-0.1, -0.05) is 54.1 Å². The van der Waals surface area contributed by atoms with E-state index in [-0.39, 0.29) is 12.4 Å². The topological polar surface area (TPSA) is 81.7 Å². The van der Waals surface area contributed by atoms with Crippen molar-refractivity contribution in [3.05, 3.63) is 117 Å².